The summed E-state index contributed by atoms with van der Waals surface area (Å²) in [6.45, 7) is 19.8. The molecule has 0 heterocycles. The van der Waals surface area contributed by atoms with Crippen LogP contribution in [0, 0.1) is 40.4 Å². The molecule has 0 aromatic carbocycles. The predicted octanol–water partition coefficient (Wildman–Crippen LogP) is 7.72. The summed E-state index contributed by atoms with van der Waals surface area (Å²) < 4.78 is 12.9. The van der Waals surface area contributed by atoms with E-state index in [0.29, 0.717) is 29.5 Å². The number of fused-ring (bicyclic) bond motifs is 5. The van der Waals surface area contributed by atoms with Gasteiger partial charge in [-0.05, 0) is 132 Å². The quantitative estimate of drug-likeness (QED) is 0.201. The monoisotopic (exact) mass is 507 g/mol. The lowest BCUT2D eigenvalue weighted by molar-refractivity contribution is -0.121. The lowest BCUT2D eigenvalue weighted by Crippen LogP contribution is -2.55. The SMILES string of the molecule is CO/N=C(\CO[Si](C)(C)C)[C@H]1CC[C@H]2[C@@H]3CCC4CC(O[Si](C)(C)C)CC[C@]4(C)[C@H]3CC[C@]12C. The van der Waals surface area contributed by atoms with Crippen LogP contribution in [-0.4, -0.2) is 42.2 Å². The molecule has 0 amide bonds. The molecule has 8 atom stereocenters. The molecule has 4 fully saturated rings. The van der Waals surface area contributed by atoms with Crippen molar-refractivity contribution in [2.45, 2.75) is 117 Å². The first-order chi connectivity index (χ1) is 15.8. The van der Waals surface area contributed by atoms with Gasteiger partial charge in [0.1, 0.15) is 7.11 Å². The highest BCUT2D eigenvalue weighted by Gasteiger charge is 2.61. The number of hydrogen-bond acceptors (Lipinski definition) is 4. The highest BCUT2D eigenvalue weighted by atomic mass is 28.4. The Bertz CT molecular complexity index is 760. The highest BCUT2D eigenvalue weighted by molar-refractivity contribution is 6.70. The van der Waals surface area contributed by atoms with Gasteiger partial charge in [-0.1, -0.05) is 19.0 Å². The van der Waals surface area contributed by atoms with Crippen LogP contribution in [0.2, 0.25) is 39.3 Å². The third kappa shape index (κ3) is 5.26. The molecule has 0 aromatic rings. The molecule has 4 rings (SSSR count). The molecule has 0 saturated heterocycles. The van der Waals surface area contributed by atoms with Gasteiger partial charge in [0.25, 0.3) is 0 Å². The van der Waals surface area contributed by atoms with Crippen LogP contribution in [0.15, 0.2) is 5.16 Å². The summed E-state index contributed by atoms with van der Waals surface area (Å²) in [6.07, 6.45) is 12.7. The molecule has 4 saturated carbocycles. The Kier molecular flexibility index (Phi) is 7.59. The van der Waals surface area contributed by atoms with E-state index in [0.717, 1.165) is 23.7 Å². The third-order valence-corrected chi connectivity index (χ3v) is 12.5. The lowest BCUT2D eigenvalue weighted by atomic mass is 9.44. The van der Waals surface area contributed by atoms with Crippen molar-refractivity contribution < 1.29 is 13.7 Å². The predicted molar refractivity (Wildman–Crippen MR) is 147 cm³/mol. The Morgan fingerprint density at radius 2 is 1.50 bits per heavy atom. The lowest BCUT2D eigenvalue weighted by Gasteiger charge is -2.61. The molecule has 0 radical (unpaired) electrons. The maximum atomic E-state index is 6.61. The summed E-state index contributed by atoms with van der Waals surface area (Å²) in [5, 5.41) is 4.57. The van der Waals surface area contributed by atoms with E-state index in [2.05, 4.69) is 58.3 Å². The Balaban J connectivity index is 1.49. The number of oxime groups is 1. The van der Waals surface area contributed by atoms with Crippen LogP contribution in [0.25, 0.3) is 0 Å². The van der Waals surface area contributed by atoms with E-state index in [9.17, 15) is 0 Å². The molecule has 196 valence electrons. The van der Waals surface area contributed by atoms with E-state index >= 15 is 0 Å². The van der Waals surface area contributed by atoms with E-state index in [1.807, 2.05) is 0 Å². The van der Waals surface area contributed by atoms with Gasteiger partial charge in [0.15, 0.2) is 16.6 Å². The largest absolute Gasteiger partial charge is 0.415 e. The minimum Gasteiger partial charge on any atom is -0.415 e. The van der Waals surface area contributed by atoms with Gasteiger partial charge < -0.3 is 13.7 Å². The third-order valence-electron chi connectivity index (χ3n) is 10.4. The molecule has 4 nitrogen and oxygen atoms in total. The fourth-order valence-electron chi connectivity index (χ4n) is 8.97. The van der Waals surface area contributed by atoms with Gasteiger partial charge in [-0.15, -0.1) is 0 Å². The van der Waals surface area contributed by atoms with Crippen LogP contribution in [0.1, 0.15) is 71.6 Å². The molecule has 0 bridgehead atoms. The van der Waals surface area contributed by atoms with Crippen LogP contribution in [0.5, 0.6) is 0 Å². The van der Waals surface area contributed by atoms with Crippen LogP contribution >= 0.6 is 0 Å². The van der Waals surface area contributed by atoms with Crippen LogP contribution in [-0.2, 0) is 13.7 Å². The van der Waals surface area contributed by atoms with E-state index in [1.54, 1.807) is 7.11 Å². The van der Waals surface area contributed by atoms with Gasteiger partial charge in [0.05, 0.1) is 12.3 Å². The second-order valence-corrected chi connectivity index (χ2v) is 23.6. The molecule has 34 heavy (non-hydrogen) atoms. The molecular formula is C28H53NO3Si2. The van der Waals surface area contributed by atoms with Crippen molar-refractivity contribution >= 4 is 22.3 Å². The van der Waals surface area contributed by atoms with Crippen LogP contribution in [0.3, 0.4) is 0 Å². The number of nitrogens with zero attached hydrogens (tertiary/aromatic N) is 1. The fraction of sp³-hybridized carbons (Fsp3) is 0.964. The second-order valence-electron chi connectivity index (χ2n) is 14.6. The molecule has 2 unspecified atom stereocenters. The molecular weight excluding hydrogens is 454 g/mol. The highest BCUT2D eigenvalue weighted by Crippen LogP contribution is 2.67. The standard InChI is InChI=1S/C28H53NO3Si2/c1-27-16-14-21(32-34(7,8)9)18-20(27)10-11-22-23-12-13-25(28(23,2)17-15-24(22)27)26(29-30-3)19-31-33(4,5)6/h20-25H,10-19H2,1-9H3/b29-26+/t20?,21?,22-,23-,24-,25+,27-,28-/m0/s1. The Labute approximate surface area is 212 Å². The Morgan fingerprint density at radius 3 is 2.15 bits per heavy atom. The zero-order valence-electron chi connectivity index (χ0n) is 23.7. The normalized spacial score (nSPS) is 43.1. The summed E-state index contributed by atoms with van der Waals surface area (Å²) >= 11 is 0. The first kappa shape index (κ1) is 26.9. The second kappa shape index (κ2) is 9.61. The minimum atomic E-state index is -1.59. The maximum Gasteiger partial charge on any atom is 0.184 e. The maximum absolute atomic E-state index is 6.61. The minimum absolute atomic E-state index is 0.350. The van der Waals surface area contributed by atoms with Gasteiger partial charge in [-0.2, -0.15) is 0 Å². The summed E-state index contributed by atoms with van der Waals surface area (Å²) in [4.78, 5) is 5.36. The average molecular weight is 508 g/mol. The van der Waals surface area contributed by atoms with Gasteiger partial charge in [0, 0.05) is 12.0 Å². The van der Waals surface area contributed by atoms with Crippen molar-refractivity contribution in [3.63, 3.8) is 0 Å². The summed E-state index contributed by atoms with van der Waals surface area (Å²) in [5.41, 5.74) is 2.05. The summed E-state index contributed by atoms with van der Waals surface area (Å²) in [5.74, 6) is 4.00. The summed E-state index contributed by atoms with van der Waals surface area (Å²) in [6, 6.07) is 0. The van der Waals surface area contributed by atoms with Crippen LogP contribution < -0.4 is 0 Å². The first-order valence-corrected chi connectivity index (χ1v) is 21.0. The van der Waals surface area contributed by atoms with E-state index in [4.69, 9.17) is 13.7 Å². The molecule has 0 aromatic heterocycles. The zero-order valence-corrected chi connectivity index (χ0v) is 25.7. The fourth-order valence-corrected chi connectivity index (χ4v) is 10.8. The van der Waals surface area contributed by atoms with Gasteiger partial charge in [0.2, 0.25) is 0 Å². The number of rotatable bonds is 7. The van der Waals surface area contributed by atoms with Gasteiger partial charge in [-0.25, -0.2) is 0 Å². The van der Waals surface area contributed by atoms with E-state index < -0.39 is 16.6 Å². The van der Waals surface area contributed by atoms with Crippen molar-refractivity contribution in [3.8, 4) is 0 Å². The van der Waals surface area contributed by atoms with Crippen molar-refractivity contribution in [1.29, 1.82) is 0 Å². The van der Waals surface area contributed by atoms with Crippen molar-refractivity contribution in [3.05, 3.63) is 0 Å². The van der Waals surface area contributed by atoms with Crippen LogP contribution in [0.4, 0.5) is 0 Å². The smallest absolute Gasteiger partial charge is 0.184 e. The van der Waals surface area contributed by atoms with Crippen molar-refractivity contribution in [1.82, 2.24) is 0 Å². The van der Waals surface area contributed by atoms with Crippen molar-refractivity contribution in [2.75, 3.05) is 13.7 Å². The van der Waals surface area contributed by atoms with Crippen molar-refractivity contribution in [2.24, 2.45) is 45.6 Å². The Hall–Kier alpha value is -0.176. The molecule has 4 aliphatic rings. The topological polar surface area (TPSA) is 40.0 Å². The molecule has 0 N–H and O–H groups in total. The zero-order chi connectivity index (χ0) is 24.9. The molecule has 0 aliphatic heterocycles. The van der Waals surface area contributed by atoms with Gasteiger partial charge in [-0.3, -0.25) is 0 Å². The Morgan fingerprint density at radius 1 is 0.824 bits per heavy atom. The summed E-state index contributed by atoms with van der Waals surface area (Å²) in [7, 11) is -1.35. The molecule has 6 heteroatoms. The van der Waals surface area contributed by atoms with E-state index in [-0.39, 0.29) is 0 Å². The first-order valence-electron chi connectivity index (χ1n) is 14.2. The van der Waals surface area contributed by atoms with Gasteiger partial charge >= 0.3 is 0 Å². The van der Waals surface area contributed by atoms with E-state index in [1.165, 1.54) is 63.5 Å². The average Bonchev–Trinajstić information content (AvgIpc) is 3.07. The number of hydrogen-bond donors (Lipinski definition) is 0. The molecule has 0 spiro atoms. The molecule has 4 aliphatic carbocycles.